The Kier molecular flexibility index (Phi) is 8.38. The molecule has 1 N–H and O–H groups in total. The van der Waals surface area contributed by atoms with Gasteiger partial charge >= 0.3 is 11.0 Å². The Morgan fingerprint density at radius 3 is 2.35 bits per heavy atom. The number of hydrogen-bond acceptors (Lipinski definition) is 8. The van der Waals surface area contributed by atoms with Gasteiger partial charge in [0, 0.05) is 21.5 Å². The van der Waals surface area contributed by atoms with E-state index in [0.717, 1.165) is 46.2 Å². The SMILES string of the molecule is COc1ccc(C2c3sc(=O)n(CC(=O)Nc4cccc(C(F)(F)F)c4)c3SC3C(=O)N(c4ccc(Cl)cc4)C(=O)C32)cc1OC. The smallest absolute Gasteiger partial charge is 0.416 e. The molecule has 15 heteroatoms. The van der Waals surface area contributed by atoms with Crippen LogP contribution in [-0.4, -0.2) is 41.8 Å². The molecule has 3 unspecified atom stereocenters. The lowest BCUT2D eigenvalue weighted by atomic mass is 9.83. The summed E-state index contributed by atoms with van der Waals surface area (Å²) < 4.78 is 51.7. The Labute approximate surface area is 272 Å². The largest absolute Gasteiger partial charge is 0.493 e. The Balaban J connectivity index is 1.41. The van der Waals surface area contributed by atoms with Gasteiger partial charge in [-0.15, -0.1) is 0 Å². The van der Waals surface area contributed by atoms with Gasteiger partial charge in [0.05, 0.1) is 36.4 Å². The number of carbonyl (C=O) groups is 3. The first-order valence-electron chi connectivity index (χ1n) is 13.6. The van der Waals surface area contributed by atoms with Crippen LogP contribution in [-0.2, 0) is 27.1 Å². The first-order valence-corrected chi connectivity index (χ1v) is 15.7. The minimum atomic E-state index is -4.61. The number of anilines is 2. The highest BCUT2D eigenvalue weighted by molar-refractivity contribution is 8.00. The van der Waals surface area contributed by atoms with Crippen molar-refractivity contribution in [2.24, 2.45) is 5.92 Å². The van der Waals surface area contributed by atoms with E-state index in [4.69, 9.17) is 21.1 Å². The summed E-state index contributed by atoms with van der Waals surface area (Å²) in [6.07, 6.45) is -4.61. The molecule has 0 radical (unpaired) electrons. The van der Waals surface area contributed by atoms with Crippen LogP contribution >= 0.6 is 34.7 Å². The molecule has 3 heterocycles. The van der Waals surface area contributed by atoms with Crippen LogP contribution in [0, 0.1) is 5.92 Å². The van der Waals surface area contributed by atoms with E-state index >= 15 is 0 Å². The van der Waals surface area contributed by atoms with Gasteiger partial charge in [-0.3, -0.25) is 23.7 Å². The fourth-order valence-electron chi connectivity index (χ4n) is 5.62. The highest BCUT2D eigenvalue weighted by Crippen LogP contribution is 2.54. The first kappa shape index (κ1) is 31.7. The topological polar surface area (TPSA) is 107 Å². The number of fused-ring (bicyclic) bond motifs is 2. The van der Waals surface area contributed by atoms with E-state index in [-0.39, 0.29) is 5.69 Å². The number of thioether (sulfide) groups is 1. The van der Waals surface area contributed by atoms with E-state index < -0.39 is 58.0 Å². The number of rotatable bonds is 7. The molecule has 1 fully saturated rings. The average molecular weight is 690 g/mol. The molecule has 46 heavy (non-hydrogen) atoms. The number of thiazole rings is 1. The van der Waals surface area contributed by atoms with E-state index in [1.165, 1.54) is 24.9 Å². The summed E-state index contributed by atoms with van der Waals surface area (Å²) in [7, 11) is 2.93. The second kappa shape index (κ2) is 12.2. The van der Waals surface area contributed by atoms with E-state index in [1.807, 2.05) is 0 Å². The van der Waals surface area contributed by atoms with Crippen molar-refractivity contribution in [1.82, 2.24) is 4.57 Å². The Hall–Kier alpha value is -4.27. The number of imide groups is 1. The Morgan fingerprint density at radius 1 is 0.957 bits per heavy atom. The summed E-state index contributed by atoms with van der Waals surface area (Å²) in [5.74, 6) is -2.60. The van der Waals surface area contributed by atoms with Crippen molar-refractivity contribution in [1.29, 1.82) is 0 Å². The lowest BCUT2D eigenvalue weighted by molar-refractivity contribution is -0.137. The molecule has 9 nitrogen and oxygen atoms in total. The number of nitrogens with one attached hydrogen (secondary N) is 1. The number of nitrogens with zero attached hydrogens (tertiary/aromatic N) is 2. The molecule has 238 valence electrons. The van der Waals surface area contributed by atoms with Crippen molar-refractivity contribution in [3.8, 4) is 11.5 Å². The minimum absolute atomic E-state index is 0.0944. The third-order valence-corrected chi connectivity index (χ3v) is 10.5. The third kappa shape index (κ3) is 5.65. The number of carbonyl (C=O) groups excluding carboxylic acids is 3. The number of methoxy groups -OCH3 is 2. The van der Waals surface area contributed by atoms with Crippen LogP contribution in [0.5, 0.6) is 11.5 Å². The molecule has 3 atom stereocenters. The van der Waals surface area contributed by atoms with E-state index in [0.29, 0.717) is 37.7 Å². The predicted molar refractivity (Wildman–Crippen MR) is 167 cm³/mol. The zero-order chi connectivity index (χ0) is 32.9. The number of halogens is 4. The fraction of sp³-hybridized carbons (Fsp3) is 0.226. The minimum Gasteiger partial charge on any atom is -0.493 e. The summed E-state index contributed by atoms with van der Waals surface area (Å²) in [6, 6.07) is 15.5. The van der Waals surface area contributed by atoms with Crippen LogP contribution in [0.25, 0.3) is 0 Å². The maximum Gasteiger partial charge on any atom is 0.416 e. The molecule has 3 aromatic carbocycles. The lowest BCUT2D eigenvalue weighted by Gasteiger charge is -2.31. The average Bonchev–Trinajstić information content (AvgIpc) is 3.47. The van der Waals surface area contributed by atoms with Gasteiger partial charge in [-0.2, -0.15) is 13.2 Å². The van der Waals surface area contributed by atoms with E-state index in [1.54, 1.807) is 42.5 Å². The van der Waals surface area contributed by atoms with Crippen LogP contribution in [0.1, 0.15) is 21.9 Å². The van der Waals surface area contributed by atoms with Crippen LogP contribution < -0.4 is 24.6 Å². The van der Waals surface area contributed by atoms with Crippen molar-refractivity contribution in [2.75, 3.05) is 24.4 Å². The molecule has 0 saturated carbocycles. The van der Waals surface area contributed by atoms with Gasteiger partial charge in [0.25, 0.3) is 0 Å². The van der Waals surface area contributed by atoms with Crippen molar-refractivity contribution >= 4 is 63.8 Å². The molecule has 0 bridgehead atoms. The monoisotopic (exact) mass is 689 g/mol. The van der Waals surface area contributed by atoms with Gasteiger partial charge in [0.2, 0.25) is 17.7 Å². The highest BCUT2D eigenvalue weighted by atomic mass is 35.5. The third-order valence-electron chi connectivity index (χ3n) is 7.68. The van der Waals surface area contributed by atoms with Crippen LogP contribution in [0.15, 0.2) is 76.6 Å². The van der Waals surface area contributed by atoms with Gasteiger partial charge in [-0.05, 0) is 60.2 Å². The van der Waals surface area contributed by atoms with Crippen molar-refractivity contribution < 1.29 is 37.0 Å². The molecule has 3 amide bonds. The van der Waals surface area contributed by atoms with Crippen LogP contribution in [0.3, 0.4) is 0 Å². The van der Waals surface area contributed by atoms with Gasteiger partial charge < -0.3 is 14.8 Å². The molecule has 2 aliphatic rings. The van der Waals surface area contributed by atoms with Crippen molar-refractivity contribution in [3.63, 3.8) is 0 Å². The molecular formula is C31H23ClF3N3O6S2. The molecule has 2 aliphatic heterocycles. The molecule has 0 aliphatic carbocycles. The highest BCUT2D eigenvalue weighted by Gasteiger charge is 2.57. The zero-order valence-electron chi connectivity index (χ0n) is 24.0. The molecule has 6 rings (SSSR count). The number of alkyl halides is 3. The lowest BCUT2D eigenvalue weighted by Crippen LogP contribution is -2.33. The normalized spacial score (nSPS) is 19.1. The van der Waals surface area contributed by atoms with Gasteiger partial charge in [-0.25, -0.2) is 4.90 Å². The first-order chi connectivity index (χ1) is 21.9. The Bertz CT molecular complexity index is 1930. The molecular weight excluding hydrogens is 667 g/mol. The van der Waals surface area contributed by atoms with E-state index in [2.05, 4.69) is 5.32 Å². The standard InChI is InChI=1S/C31H23ClF3N3O6S2/c1-43-20-11-6-15(12-21(20)44-2)23-24-25(28(41)38(27(24)40)19-9-7-17(32)8-10-19)45-29-26(23)46-30(42)37(29)14-22(39)36-18-5-3-4-16(13-18)31(33,34)35/h3-13,23-25H,14H2,1-2H3,(H,36,39). The fourth-order valence-corrected chi connectivity index (χ4v) is 8.52. The summed E-state index contributed by atoms with van der Waals surface area (Å²) in [6.45, 7) is -0.535. The van der Waals surface area contributed by atoms with Crippen LogP contribution in [0.4, 0.5) is 24.5 Å². The summed E-state index contributed by atoms with van der Waals surface area (Å²) in [4.78, 5) is 55.4. The molecule has 1 aromatic heterocycles. The maximum absolute atomic E-state index is 14.1. The van der Waals surface area contributed by atoms with Crippen LogP contribution in [0.2, 0.25) is 5.02 Å². The molecule has 1 saturated heterocycles. The Morgan fingerprint density at radius 2 is 1.67 bits per heavy atom. The summed E-state index contributed by atoms with van der Waals surface area (Å²) in [5.41, 5.74) is -0.121. The van der Waals surface area contributed by atoms with E-state index in [9.17, 15) is 32.3 Å². The van der Waals surface area contributed by atoms with Gasteiger partial charge in [0.15, 0.2) is 11.5 Å². The van der Waals surface area contributed by atoms with Gasteiger partial charge in [-0.1, -0.05) is 46.8 Å². The zero-order valence-corrected chi connectivity index (χ0v) is 26.4. The van der Waals surface area contributed by atoms with Gasteiger partial charge in [0.1, 0.15) is 11.8 Å². The number of ether oxygens (including phenoxy) is 2. The second-order valence-electron chi connectivity index (χ2n) is 10.4. The predicted octanol–water partition coefficient (Wildman–Crippen LogP) is 6.03. The second-order valence-corrected chi connectivity index (χ2v) is 13.0. The number of benzene rings is 3. The summed E-state index contributed by atoms with van der Waals surface area (Å²) in [5, 5.41) is 2.20. The number of amides is 3. The van der Waals surface area contributed by atoms with Crippen molar-refractivity contribution in [3.05, 3.63) is 97.4 Å². The number of aromatic nitrogens is 1. The van der Waals surface area contributed by atoms with Crippen molar-refractivity contribution in [2.45, 2.75) is 28.9 Å². The quantitative estimate of drug-likeness (QED) is 0.236. The number of hydrogen-bond donors (Lipinski definition) is 1. The summed E-state index contributed by atoms with van der Waals surface area (Å²) >= 11 is 7.88. The maximum atomic E-state index is 14.1. The molecule has 4 aromatic rings. The molecule has 0 spiro atoms.